The van der Waals surface area contributed by atoms with Crippen molar-refractivity contribution in [1.29, 1.82) is 0 Å². The van der Waals surface area contributed by atoms with Gasteiger partial charge in [-0.25, -0.2) is 0 Å². The minimum atomic E-state index is -0.119. The largest absolute Gasteiger partial charge is 0.497 e. The molecule has 7 nitrogen and oxygen atoms in total. The molecule has 1 aromatic carbocycles. The number of hydrogen-bond donors (Lipinski definition) is 2. The number of furan rings is 1. The van der Waals surface area contributed by atoms with E-state index in [1.807, 2.05) is 55.4 Å². The molecule has 154 valence electrons. The maximum absolute atomic E-state index is 12.6. The molecule has 3 aromatic rings. The number of ether oxygens (including phenoxy) is 1. The molecule has 0 aliphatic carbocycles. The van der Waals surface area contributed by atoms with E-state index in [1.165, 1.54) is 0 Å². The van der Waals surface area contributed by atoms with Crippen molar-refractivity contribution in [3.63, 3.8) is 0 Å². The van der Waals surface area contributed by atoms with Crippen molar-refractivity contribution >= 4 is 28.2 Å². The molecule has 2 heterocycles. The molecule has 0 unspecified atom stereocenters. The summed E-state index contributed by atoms with van der Waals surface area (Å²) in [6.07, 6.45) is 1.63. The molecule has 0 aliphatic heterocycles. The molecule has 0 saturated carbocycles. The lowest BCUT2D eigenvalue weighted by Gasteiger charge is -2.27. The number of H-pyrrole nitrogens is 1. The van der Waals surface area contributed by atoms with Crippen LogP contribution in [-0.4, -0.2) is 54.2 Å². The van der Waals surface area contributed by atoms with Gasteiger partial charge < -0.3 is 29.3 Å². The number of aromatic nitrogens is 1. The quantitative estimate of drug-likeness (QED) is 0.549. The maximum Gasteiger partial charge on any atom is 0.253 e. The van der Waals surface area contributed by atoms with Crippen molar-refractivity contribution < 1.29 is 9.15 Å². The zero-order valence-corrected chi connectivity index (χ0v) is 17.7. The molecule has 0 saturated heterocycles. The first-order chi connectivity index (χ1) is 14.0. The Morgan fingerprint density at radius 3 is 2.76 bits per heavy atom. The highest BCUT2D eigenvalue weighted by molar-refractivity contribution is 7.80. The van der Waals surface area contributed by atoms with Crippen LogP contribution in [0.25, 0.3) is 10.9 Å². The average molecular weight is 415 g/mol. The van der Waals surface area contributed by atoms with Crippen molar-refractivity contribution in [2.24, 2.45) is 0 Å². The molecule has 2 N–H and O–H groups in total. The van der Waals surface area contributed by atoms with Crippen LogP contribution < -0.4 is 15.6 Å². The number of thiocarbonyl (C=S) groups is 1. The number of pyridine rings is 1. The van der Waals surface area contributed by atoms with E-state index in [0.717, 1.165) is 29.0 Å². The van der Waals surface area contributed by atoms with E-state index in [-0.39, 0.29) is 5.56 Å². The minimum absolute atomic E-state index is 0.119. The zero-order valence-electron chi connectivity index (χ0n) is 16.9. The number of nitrogens with one attached hydrogen (secondary N) is 2. The highest BCUT2D eigenvalue weighted by atomic mass is 32.1. The van der Waals surface area contributed by atoms with Crippen molar-refractivity contribution in [3.8, 4) is 5.75 Å². The zero-order chi connectivity index (χ0) is 20.8. The number of likely N-dealkylation sites (N-methyl/N-ethyl adjacent to an activating group) is 1. The molecule has 8 heteroatoms. The van der Waals surface area contributed by atoms with Crippen LogP contribution in [0.4, 0.5) is 0 Å². The molecule has 0 spiro atoms. The molecule has 0 aliphatic rings. The average Bonchev–Trinajstić information content (AvgIpc) is 3.22. The first-order valence-corrected chi connectivity index (χ1v) is 9.77. The highest BCUT2D eigenvalue weighted by Crippen LogP contribution is 2.19. The molecule has 29 heavy (non-hydrogen) atoms. The Morgan fingerprint density at radius 2 is 2.07 bits per heavy atom. The molecule has 0 atom stereocenters. The molecule has 0 fully saturated rings. The van der Waals surface area contributed by atoms with Gasteiger partial charge >= 0.3 is 0 Å². The Balaban J connectivity index is 1.80. The van der Waals surface area contributed by atoms with Crippen LogP contribution in [0.2, 0.25) is 0 Å². The van der Waals surface area contributed by atoms with Crippen LogP contribution in [0.3, 0.4) is 0 Å². The molecule has 3 rings (SSSR count). The number of rotatable bonds is 8. The number of fused-ring (bicyclic) bond motifs is 1. The molecule has 0 amide bonds. The third kappa shape index (κ3) is 5.58. The van der Waals surface area contributed by atoms with E-state index in [4.69, 9.17) is 21.4 Å². The van der Waals surface area contributed by atoms with Crippen LogP contribution in [0.5, 0.6) is 5.75 Å². The topological polar surface area (TPSA) is 73.7 Å². The van der Waals surface area contributed by atoms with Gasteiger partial charge in [0.05, 0.1) is 26.5 Å². The Labute approximate surface area is 175 Å². The van der Waals surface area contributed by atoms with E-state index < -0.39 is 0 Å². The van der Waals surface area contributed by atoms with Crippen molar-refractivity contribution in [2.45, 2.75) is 13.1 Å². The number of aromatic amines is 1. The fourth-order valence-corrected chi connectivity index (χ4v) is 3.17. The lowest BCUT2D eigenvalue weighted by atomic mass is 10.1. The second-order valence-electron chi connectivity index (χ2n) is 7.04. The van der Waals surface area contributed by atoms with Gasteiger partial charge in [-0.15, -0.1) is 0 Å². The molecular weight excluding hydrogens is 388 g/mol. The third-order valence-electron chi connectivity index (χ3n) is 4.59. The Hall–Kier alpha value is -2.84. The lowest BCUT2D eigenvalue weighted by Crippen LogP contribution is -2.43. The summed E-state index contributed by atoms with van der Waals surface area (Å²) < 4.78 is 10.6. The Morgan fingerprint density at radius 1 is 1.24 bits per heavy atom. The highest BCUT2D eigenvalue weighted by Gasteiger charge is 2.14. The summed E-state index contributed by atoms with van der Waals surface area (Å²) in [6, 6.07) is 11.2. The smallest absolute Gasteiger partial charge is 0.253 e. The maximum atomic E-state index is 12.6. The predicted molar refractivity (Wildman–Crippen MR) is 118 cm³/mol. The van der Waals surface area contributed by atoms with E-state index >= 15 is 0 Å². The van der Waals surface area contributed by atoms with Gasteiger partial charge in [0.25, 0.3) is 5.56 Å². The monoisotopic (exact) mass is 414 g/mol. The second-order valence-corrected chi connectivity index (χ2v) is 7.43. The van der Waals surface area contributed by atoms with Crippen LogP contribution >= 0.6 is 12.2 Å². The normalized spacial score (nSPS) is 11.0. The van der Waals surface area contributed by atoms with E-state index in [1.54, 1.807) is 13.4 Å². The lowest BCUT2D eigenvalue weighted by molar-refractivity contribution is 0.321. The SMILES string of the molecule is COc1ccc2[nH]c(=O)c(CN(CCN(C)C)C(=S)NCc3ccco3)cc2c1. The summed E-state index contributed by atoms with van der Waals surface area (Å²) in [6.45, 7) is 2.39. The standard InChI is InChI=1S/C21H26N4O3S/c1-24(2)8-9-25(21(29)22-13-18-5-4-10-28-18)14-16-11-15-12-17(27-3)6-7-19(15)23-20(16)26/h4-7,10-12H,8-9,13-14H2,1-3H3,(H,22,29)(H,23,26). The summed E-state index contributed by atoms with van der Waals surface area (Å²) in [4.78, 5) is 19.6. The van der Waals surface area contributed by atoms with Crippen LogP contribution in [-0.2, 0) is 13.1 Å². The molecular formula is C21H26N4O3S. The van der Waals surface area contributed by atoms with Crippen LogP contribution in [0.1, 0.15) is 11.3 Å². The fourth-order valence-electron chi connectivity index (χ4n) is 2.94. The van der Waals surface area contributed by atoms with E-state index in [0.29, 0.717) is 30.3 Å². The molecule has 0 radical (unpaired) electrons. The van der Waals surface area contributed by atoms with Gasteiger partial charge in [0, 0.05) is 29.6 Å². The number of benzene rings is 1. The van der Waals surface area contributed by atoms with E-state index in [2.05, 4.69) is 15.2 Å². The van der Waals surface area contributed by atoms with Crippen LogP contribution in [0, 0.1) is 0 Å². The summed E-state index contributed by atoms with van der Waals surface area (Å²) in [5, 5.41) is 4.71. The summed E-state index contributed by atoms with van der Waals surface area (Å²) in [5.41, 5.74) is 1.30. The van der Waals surface area contributed by atoms with Gasteiger partial charge in [0.1, 0.15) is 11.5 Å². The molecule has 2 aromatic heterocycles. The van der Waals surface area contributed by atoms with Crippen LogP contribution in [0.15, 0.2) is 51.9 Å². The Bertz CT molecular complexity index is 1010. The second kappa shape index (κ2) is 9.58. The minimum Gasteiger partial charge on any atom is -0.497 e. The third-order valence-corrected chi connectivity index (χ3v) is 4.99. The summed E-state index contributed by atoms with van der Waals surface area (Å²) in [5.74, 6) is 1.55. The van der Waals surface area contributed by atoms with Gasteiger partial charge in [0.2, 0.25) is 0 Å². The van der Waals surface area contributed by atoms with Gasteiger partial charge in [-0.3, -0.25) is 4.79 Å². The van der Waals surface area contributed by atoms with E-state index in [9.17, 15) is 4.79 Å². The first kappa shape index (κ1) is 20.9. The van der Waals surface area contributed by atoms with Gasteiger partial charge in [0.15, 0.2) is 5.11 Å². The Kier molecular flexibility index (Phi) is 6.90. The van der Waals surface area contributed by atoms with Gasteiger partial charge in [-0.2, -0.15) is 0 Å². The number of nitrogens with zero attached hydrogens (tertiary/aromatic N) is 2. The van der Waals surface area contributed by atoms with Crippen molar-refractivity contribution in [2.75, 3.05) is 34.3 Å². The van der Waals surface area contributed by atoms with Crippen molar-refractivity contribution in [1.82, 2.24) is 20.1 Å². The first-order valence-electron chi connectivity index (χ1n) is 9.36. The number of hydrogen-bond acceptors (Lipinski definition) is 5. The predicted octanol–water partition coefficient (Wildman–Crippen LogP) is 2.57. The van der Waals surface area contributed by atoms with Gasteiger partial charge in [-0.05, 0) is 62.7 Å². The van der Waals surface area contributed by atoms with Gasteiger partial charge in [-0.1, -0.05) is 0 Å². The van der Waals surface area contributed by atoms with Crippen molar-refractivity contribution in [3.05, 3.63) is 64.3 Å². The summed E-state index contributed by atoms with van der Waals surface area (Å²) >= 11 is 5.60. The number of methoxy groups -OCH3 is 1. The molecule has 0 bridgehead atoms. The fraction of sp³-hybridized carbons (Fsp3) is 0.333. The summed E-state index contributed by atoms with van der Waals surface area (Å²) in [7, 11) is 5.64.